The zero-order valence-corrected chi connectivity index (χ0v) is 17.0. The average Bonchev–Trinajstić information content (AvgIpc) is 2.92. The number of hydrogen-bond donors (Lipinski definition) is 0. The topological polar surface area (TPSA) is 32.8 Å². The van der Waals surface area contributed by atoms with E-state index in [4.69, 9.17) is 4.74 Å². The molecule has 4 rings (SSSR count). The number of rotatable bonds is 6. The Morgan fingerprint density at radius 2 is 1.52 bits per heavy atom. The lowest BCUT2D eigenvalue weighted by molar-refractivity contribution is -0.169. The van der Waals surface area contributed by atoms with Crippen LogP contribution in [0.3, 0.4) is 0 Å². The number of ether oxygens (including phenoxy) is 1. The molecule has 0 aliphatic carbocycles. The van der Waals surface area contributed by atoms with Crippen LogP contribution >= 0.6 is 0 Å². The zero-order chi connectivity index (χ0) is 19.9. The fourth-order valence-electron chi connectivity index (χ4n) is 4.27. The van der Waals surface area contributed by atoms with Crippen LogP contribution in [-0.2, 0) is 22.4 Å². The highest BCUT2D eigenvalue weighted by Gasteiger charge is 2.45. The Balaban J connectivity index is 1.40. The van der Waals surface area contributed by atoms with Crippen LogP contribution < -0.4 is 0 Å². The van der Waals surface area contributed by atoms with Crippen molar-refractivity contribution in [2.24, 2.45) is 0 Å². The third kappa shape index (κ3) is 4.95. The van der Waals surface area contributed by atoms with Gasteiger partial charge in [-0.25, -0.2) is 0 Å². The lowest BCUT2D eigenvalue weighted by Crippen LogP contribution is -2.60. The predicted octanol–water partition coefficient (Wildman–Crippen LogP) is 3.33. The molecule has 2 heterocycles. The van der Waals surface area contributed by atoms with E-state index in [-0.39, 0.29) is 5.91 Å². The standard InChI is InChI=1S/C25H30N2O2/c28-24-25(15-7-8-16-27(24)18-14-23-11-5-2-6-12-23)21-26(19-20-29-25)17-13-22-9-3-1-4-10-22/h1-12H,13-21H2/t25-/m1/s1. The van der Waals surface area contributed by atoms with E-state index in [2.05, 4.69) is 65.6 Å². The highest BCUT2D eigenvalue weighted by atomic mass is 16.5. The quantitative estimate of drug-likeness (QED) is 0.710. The van der Waals surface area contributed by atoms with Crippen molar-refractivity contribution < 1.29 is 9.53 Å². The molecule has 2 aliphatic rings. The second-order valence-corrected chi connectivity index (χ2v) is 8.02. The van der Waals surface area contributed by atoms with Crippen molar-refractivity contribution in [1.82, 2.24) is 9.80 Å². The molecule has 1 saturated heterocycles. The molecule has 0 aromatic heterocycles. The van der Waals surface area contributed by atoms with Crippen molar-refractivity contribution in [2.75, 3.05) is 39.3 Å². The summed E-state index contributed by atoms with van der Waals surface area (Å²) in [7, 11) is 0. The van der Waals surface area contributed by atoms with Gasteiger partial charge in [0.15, 0.2) is 5.60 Å². The summed E-state index contributed by atoms with van der Waals surface area (Å²) in [5, 5.41) is 0. The number of hydrogen-bond acceptors (Lipinski definition) is 3. The average molecular weight is 391 g/mol. The van der Waals surface area contributed by atoms with E-state index in [0.717, 1.165) is 32.5 Å². The maximum Gasteiger partial charge on any atom is 0.256 e. The molecular weight excluding hydrogens is 360 g/mol. The monoisotopic (exact) mass is 390 g/mol. The molecule has 0 radical (unpaired) electrons. The smallest absolute Gasteiger partial charge is 0.256 e. The summed E-state index contributed by atoms with van der Waals surface area (Å²) < 4.78 is 6.18. The van der Waals surface area contributed by atoms with Gasteiger partial charge in [0.25, 0.3) is 5.91 Å². The zero-order valence-electron chi connectivity index (χ0n) is 17.0. The summed E-state index contributed by atoms with van der Waals surface area (Å²) in [6.45, 7) is 4.51. The van der Waals surface area contributed by atoms with E-state index in [1.807, 2.05) is 17.0 Å². The number of benzene rings is 2. The van der Waals surface area contributed by atoms with Gasteiger partial charge < -0.3 is 9.64 Å². The summed E-state index contributed by atoms with van der Waals surface area (Å²) in [4.78, 5) is 17.9. The maximum atomic E-state index is 13.5. The molecule has 1 spiro atoms. The first kappa shape index (κ1) is 19.9. The van der Waals surface area contributed by atoms with Gasteiger partial charge in [-0.15, -0.1) is 0 Å². The summed E-state index contributed by atoms with van der Waals surface area (Å²) in [5.74, 6) is 0.142. The molecule has 29 heavy (non-hydrogen) atoms. The number of nitrogens with zero attached hydrogens (tertiary/aromatic N) is 2. The Labute approximate surface area is 173 Å². The molecule has 0 N–H and O–H groups in total. The lowest BCUT2D eigenvalue weighted by atomic mass is 9.95. The Hall–Kier alpha value is -2.43. The minimum atomic E-state index is -0.737. The molecule has 1 atom stereocenters. The Morgan fingerprint density at radius 3 is 2.21 bits per heavy atom. The Bertz CT molecular complexity index is 821. The van der Waals surface area contributed by atoms with Gasteiger partial charge in [0.2, 0.25) is 0 Å². The minimum Gasteiger partial charge on any atom is -0.362 e. The van der Waals surface area contributed by atoms with E-state index in [1.165, 1.54) is 11.1 Å². The van der Waals surface area contributed by atoms with E-state index >= 15 is 0 Å². The molecule has 1 fully saturated rings. The molecule has 1 amide bonds. The normalized spacial score (nSPS) is 22.8. The molecule has 0 bridgehead atoms. The van der Waals surface area contributed by atoms with Crippen molar-refractivity contribution in [1.29, 1.82) is 0 Å². The van der Waals surface area contributed by atoms with Crippen molar-refractivity contribution in [3.8, 4) is 0 Å². The van der Waals surface area contributed by atoms with Gasteiger partial charge in [-0.05, 0) is 24.0 Å². The van der Waals surface area contributed by atoms with Gasteiger partial charge in [0.1, 0.15) is 0 Å². The number of morpholine rings is 1. The second kappa shape index (κ2) is 9.38. The molecule has 2 aliphatic heterocycles. The number of amides is 1. The van der Waals surface area contributed by atoms with Crippen LogP contribution in [0.5, 0.6) is 0 Å². The molecule has 152 valence electrons. The van der Waals surface area contributed by atoms with Gasteiger partial charge >= 0.3 is 0 Å². The van der Waals surface area contributed by atoms with Crippen molar-refractivity contribution >= 4 is 5.91 Å². The van der Waals surface area contributed by atoms with Crippen LogP contribution in [0.15, 0.2) is 72.8 Å². The molecule has 4 heteroatoms. The third-order valence-electron chi connectivity index (χ3n) is 5.95. The molecule has 0 unspecified atom stereocenters. The van der Waals surface area contributed by atoms with Crippen LogP contribution in [0.4, 0.5) is 0 Å². The Kier molecular flexibility index (Phi) is 6.43. The van der Waals surface area contributed by atoms with Gasteiger partial charge in [-0.1, -0.05) is 72.8 Å². The Morgan fingerprint density at radius 1 is 0.862 bits per heavy atom. The summed E-state index contributed by atoms with van der Waals surface area (Å²) in [5.41, 5.74) is 1.86. The SMILES string of the molecule is O=C1N(CCc2ccccc2)CC=CC[C@@]12CN(CCc1ccccc1)CCO2. The molecule has 0 saturated carbocycles. The van der Waals surface area contributed by atoms with Crippen LogP contribution in [0.2, 0.25) is 0 Å². The van der Waals surface area contributed by atoms with Gasteiger partial charge in [-0.3, -0.25) is 9.69 Å². The fraction of sp³-hybridized carbons (Fsp3) is 0.400. The highest BCUT2D eigenvalue weighted by Crippen LogP contribution is 2.28. The summed E-state index contributed by atoms with van der Waals surface area (Å²) >= 11 is 0. The van der Waals surface area contributed by atoms with E-state index < -0.39 is 5.60 Å². The highest BCUT2D eigenvalue weighted by molar-refractivity contribution is 5.86. The van der Waals surface area contributed by atoms with Gasteiger partial charge in [0.05, 0.1) is 6.61 Å². The first-order valence-electron chi connectivity index (χ1n) is 10.6. The lowest BCUT2D eigenvalue weighted by Gasteiger charge is -2.42. The largest absolute Gasteiger partial charge is 0.362 e. The summed E-state index contributed by atoms with van der Waals surface area (Å²) in [6, 6.07) is 20.9. The van der Waals surface area contributed by atoms with E-state index in [9.17, 15) is 4.79 Å². The first-order chi connectivity index (χ1) is 14.3. The molecular formula is C25H30N2O2. The first-order valence-corrected chi connectivity index (χ1v) is 10.6. The maximum absolute atomic E-state index is 13.5. The molecule has 2 aromatic carbocycles. The van der Waals surface area contributed by atoms with E-state index in [1.54, 1.807) is 0 Å². The number of carbonyl (C=O) groups is 1. The fourth-order valence-corrected chi connectivity index (χ4v) is 4.27. The molecule has 4 nitrogen and oxygen atoms in total. The van der Waals surface area contributed by atoms with Crippen LogP contribution in [0.25, 0.3) is 0 Å². The van der Waals surface area contributed by atoms with Crippen molar-refractivity contribution in [3.05, 3.63) is 83.9 Å². The van der Waals surface area contributed by atoms with Gasteiger partial charge in [-0.2, -0.15) is 0 Å². The van der Waals surface area contributed by atoms with Crippen molar-refractivity contribution in [3.63, 3.8) is 0 Å². The van der Waals surface area contributed by atoms with Gasteiger partial charge in [0, 0.05) is 39.1 Å². The predicted molar refractivity (Wildman–Crippen MR) is 116 cm³/mol. The number of carbonyl (C=O) groups excluding carboxylic acids is 1. The van der Waals surface area contributed by atoms with Crippen LogP contribution in [0.1, 0.15) is 17.5 Å². The van der Waals surface area contributed by atoms with Crippen LogP contribution in [-0.4, -0.2) is 60.6 Å². The minimum absolute atomic E-state index is 0.142. The van der Waals surface area contributed by atoms with Crippen molar-refractivity contribution in [2.45, 2.75) is 24.9 Å². The van der Waals surface area contributed by atoms with E-state index in [0.29, 0.717) is 26.1 Å². The second-order valence-electron chi connectivity index (χ2n) is 8.02. The van der Waals surface area contributed by atoms with Crippen LogP contribution in [0, 0.1) is 0 Å². The third-order valence-corrected chi connectivity index (χ3v) is 5.95. The summed E-state index contributed by atoms with van der Waals surface area (Å²) in [6.07, 6.45) is 6.77. The molecule has 2 aromatic rings.